The van der Waals surface area contributed by atoms with Crippen LogP contribution in [0.15, 0.2) is 54.6 Å². The molecule has 1 atom stereocenters. The number of hydrogen-bond donors (Lipinski definition) is 2. The zero-order valence-corrected chi connectivity index (χ0v) is 16.3. The maximum Gasteiger partial charge on any atom is 0.315 e. The Labute approximate surface area is 162 Å². The van der Waals surface area contributed by atoms with Gasteiger partial charge in [-0.1, -0.05) is 42.5 Å². The lowest BCUT2D eigenvalue weighted by Crippen LogP contribution is -2.38. The van der Waals surface area contributed by atoms with Gasteiger partial charge in [0.2, 0.25) is 0 Å². The van der Waals surface area contributed by atoms with Crippen LogP contribution in [0.25, 0.3) is 0 Å². The summed E-state index contributed by atoms with van der Waals surface area (Å²) >= 11 is 0. The molecule has 144 valence electrons. The molecule has 0 aliphatic carbocycles. The van der Waals surface area contributed by atoms with Crippen molar-refractivity contribution in [1.29, 1.82) is 0 Å². The Balaban J connectivity index is 1.42. The van der Waals surface area contributed by atoms with Gasteiger partial charge in [-0.15, -0.1) is 0 Å². The summed E-state index contributed by atoms with van der Waals surface area (Å²) in [6, 6.07) is 18.6. The molecular formula is C22H30N4O. The van der Waals surface area contributed by atoms with Crippen molar-refractivity contribution in [2.24, 2.45) is 5.92 Å². The second-order valence-electron chi connectivity index (χ2n) is 7.51. The molecule has 3 rings (SSSR count). The maximum atomic E-state index is 12.2. The quantitative estimate of drug-likeness (QED) is 0.792. The van der Waals surface area contributed by atoms with E-state index in [0.717, 1.165) is 31.6 Å². The van der Waals surface area contributed by atoms with Crippen molar-refractivity contribution >= 4 is 11.7 Å². The maximum absolute atomic E-state index is 12.2. The number of carbonyl (C=O) groups is 1. The Morgan fingerprint density at radius 3 is 2.48 bits per heavy atom. The lowest BCUT2D eigenvalue weighted by Gasteiger charge is -2.19. The summed E-state index contributed by atoms with van der Waals surface area (Å²) in [7, 11) is 4.11. The van der Waals surface area contributed by atoms with Crippen LogP contribution in [0.3, 0.4) is 0 Å². The number of nitrogens with one attached hydrogen (secondary N) is 2. The highest BCUT2D eigenvalue weighted by Crippen LogP contribution is 2.22. The molecule has 0 radical (unpaired) electrons. The minimum absolute atomic E-state index is 0.0900. The van der Waals surface area contributed by atoms with Crippen molar-refractivity contribution in [3.05, 3.63) is 65.7 Å². The summed E-state index contributed by atoms with van der Waals surface area (Å²) in [5.74, 6) is 0.497. The first kappa shape index (κ1) is 19.2. The molecule has 2 N–H and O–H groups in total. The van der Waals surface area contributed by atoms with Crippen LogP contribution >= 0.6 is 0 Å². The van der Waals surface area contributed by atoms with Gasteiger partial charge in [-0.25, -0.2) is 4.79 Å². The second-order valence-corrected chi connectivity index (χ2v) is 7.51. The Bertz CT molecular complexity index is 732. The van der Waals surface area contributed by atoms with Gasteiger partial charge in [0.25, 0.3) is 0 Å². The molecule has 0 unspecified atom stereocenters. The lowest BCUT2D eigenvalue weighted by molar-refractivity contribution is 0.239. The van der Waals surface area contributed by atoms with Crippen LogP contribution in [0.4, 0.5) is 10.5 Å². The molecule has 0 bridgehead atoms. The van der Waals surface area contributed by atoms with E-state index >= 15 is 0 Å². The minimum atomic E-state index is -0.0900. The van der Waals surface area contributed by atoms with Crippen LogP contribution in [-0.4, -0.2) is 44.7 Å². The zero-order chi connectivity index (χ0) is 19.1. The molecule has 5 heteroatoms. The number of benzene rings is 2. The first-order valence-corrected chi connectivity index (χ1v) is 9.65. The number of anilines is 1. The van der Waals surface area contributed by atoms with Gasteiger partial charge in [-0.05, 0) is 49.7 Å². The fourth-order valence-electron chi connectivity index (χ4n) is 3.57. The molecule has 1 fully saturated rings. The summed E-state index contributed by atoms with van der Waals surface area (Å²) in [6.07, 6.45) is 1.11. The smallest absolute Gasteiger partial charge is 0.315 e. The van der Waals surface area contributed by atoms with Crippen molar-refractivity contribution in [2.75, 3.05) is 38.6 Å². The van der Waals surface area contributed by atoms with Gasteiger partial charge in [-0.3, -0.25) is 0 Å². The van der Waals surface area contributed by atoms with E-state index in [-0.39, 0.29) is 6.03 Å². The number of carbonyl (C=O) groups excluding carboxylic acids is 1. The van der Waals surface area contributed by atoms with E-state index in [1.54, 1.807) is 0 Å². The molecule has 0 spiro atoms. The van der Waals surface area contributed by atoms with E-state index in [2.05, 4.69) is 70.9 Å². The molecule has 1 heterocycles. The van der Waals surface area contributed by atoms with Crippen LogP contribution in [0.5, 0.6) is 0 Å². The molecule has 2 aromatic rings. The highest BCUT2D eigenvalue weighted by molar-refractivity contribution is 5.73. The summed E-state index contributed by atoms with van der Waals surface area (Å²) in [4.78, 5) is 16.7. The Hall–Kier alpha value is -2.53. The van der Waals surface area contributed by atoms with Crippen LogP contribution in [0.2, 0.25) is 0 Å². The van der Waals surface area contributed by atoms with Crippen LogP contribution < -0.4 is 15.5 Å². The summed E-state index contributed by atoms with van der Waals surface area (Å²) in [6.45, 7) is 4.19. The van der Waals surface area contributed by atoms with Crippen LogP contribution in [-0.2, 0) is 13.1 Å². The third-order valence-corrected chi connectivity index (χ3v) is 5.00. The van der Waals surface area contributed by atoms with E-state index in [0.29, 0.717) is 19.0 Å². The van der Waals surface area contributed by atoms with Crippen LogP contribution in [0.1, 0.15) is 17.5 Å². The Kier molecular flexibility index (Phi) is 6.71. The SMILES string of the molecule is CN(C)Cc1ccccc1CNC(=O)NC[C@H]1CCN(c2ccccc2)C1. The first-order chi connectivity index (χ1) is 13.1. The van der Waals surface area contributed by atoms with Crippen molar-refractivity contribution < 1.29 is 4.79 Å². The largest absolute Gasteiger partial charge is 0.371 e. The number of amides is 2. The van der Waals surface area contributed by atoms with E-state index in [1.165, 1.54) is 11.3 Å². The monoisotopic (exact) mass is 366 g/mol. The van der Waals surface area contributed by atoms with E-state index in [4.69, 9.17) is 0 Å². The van der Waals surface area contributed by atoms with Crippen molar-refractivity contribution in [3.63, 3.8) is 0 Å². The number of para-hydroxylation sites is 1. The number of nitrogens with zero attached hydrogens (tertiary/aromatic N) is 2. The summed E-state index contributed by atoms with van der Waals surface area (Å²) in [5, 5.41) is 6.04. The molecule has 1 aliphatic heterocycles. The summed E-state index contributed by atoms with van der Waals surface area (Å²) < 4.78 is 0. The van der Waals surface area contributed by atoms with Gasteiger partial charge >= 0.3 is 6.03 Å². The standard InChI is InChI=1S/C22H30N4O/c1-25(2)17-20-9-7-6-8-19(20)15-24-22(27)23-14-18-12-13-26(16-18)21-10-4-3-5-11-21/h3-11,18H,12-17H2,1-2H3,(H2,23,24,27)/t18-/m1/s1. The predicted molar refractivity (Wildman–Crippen MR) is 111 cm³/mol. The van der Waals surface area contributed by atoms with Crippen molar-refractivity contribution in [3.8, 4) is 0 Å². The van der Waals surface area contributed by atoms with E-state index in [9.17, 15) is 4.79 Å². The van der Waals surface area contributed by atoms with Crippen LogP contribution in [0, 0.1) is 5.92 Å². The number of rotatable bonds is 7. The molecule has 2 amide bonds. The minimum Gasteiger partial charge on any atom is -0.371 e. The molecular weight excluding hydrogens is 336 g/mol. The molecule has 27 heavy (non-hydrogen) atoms. The van der Waals surface area contributed by atoms with Gasteiger partial charge in [0.05, 0.1) is 0 Å². The number of hydrogen-bond acceptors (Lipinski definition) is 3. The topological polar surface area (TPSA) is 47.6 Å². The first-order valence-electron chi connectivity index (χ1n) is 9.65. The Morgan fingerprint density at radius 1 is 1.04 bits per heavy atom. The third kappa shape index (κ3) is 5.73. The zero-order valence-electron chi connectivity index (χ0n) is 16.3. The fourth-order valence-corrected chi connectivity index (χ4v) is 3.57. The molecule has 1 aliphatic rings. The molecule has 5 nitrogen and oxygen atoms in total. The highest BCUT2D eigenvalue weighted by atomic mass is 16.2. The van der Waals surface area contributed by atoms with Crippen molar-refractivity contribution in [1.82, 2.24) is 15.5 Å². The van der Waals surface area contributed by atoms with Gasteiger partial charge in [0.15, 0.2) is 0 Å². The molecule has 0 saturated carbocycles. The Morgan fingerprint density at radius 2 is 1.74 bits per heavy atom. The van der Waals surface area contributed by atoms with E-state index in [1.807, 2.05) is 18.2 Å². The van der Waals surface area contributed by atoms with E-state index < -0.39 is 0 Å². The average molecular weight is 367 g/mol. The lowest BCUT2D eigenvalue weighted by atomic mass is 10.1. The molecule has 1 saturated heterocycles. The fraction of sp³-hybridized carbons (Fsp3) is 0.409. The van der Waals surface area contributed by atoms with Crippen molar-refractivity contribution in [2.45, 2.75) is 19.5 Å². The normalized spacial score (nSPS) is 16.6. The van der Waals surface area contributed by atoms with Gasteiger partial charge in [0, 0.05) is 38.4 Å². The highest BCUT2D eigenvalue weighted by Gasteiger charge is 2.22. The summed E-state index contributed by atoms with van der Waals surface area (Å²) in [5.41, 5.74) is 3.68. The van der Waals surface area contributed by atoms with Gasteiger partial charge < -0.3 is 20.4 Å². The predicted octanol–water partition coefficient (Wildman–Crippen LogP) is 3.07. The average Bonchev–Trinajstić information content (AvgIpc) is 3.15. The van der Waals surface area contributed by atoms with Gasteiger partial charge in [0.1, 0.15) is 0 Å². The molecule has 2 aromatic carbocycles. The second kappa shape index (κ2) is 9.42. The van der Waals surface area contributed by atoms with Gasteiger partial charge in [-0.2, -0.15) is 0 Å². The third-order valence-electron chi connectivity index (χ3n) is 5.00. The molecule has 0 aromatic heterocycles. The number of urea groups is 1.